The summed E-state index contributed by atoms with van der Waals surface area (Å²) in [7, 11) is -1.59. The largest absolute Gasteiger partial charge is 0.399 e. The molecule has 0 amide bonds. The average molecular weight is 266 g/mol. The van der Waals surface area contributed by atoms with Gasteiger partial charge in [-0.15, -0.1) is 0 Å². The Morgan fingerprint density at radius 1 is 1.22 bits per heavy atom. The predicted molar refractivity (Wildman–Crippen MR) is 79.2 cm³/mol. The van der Waals surface area contributed by atoms with Gasteiger partial charge in [-0.1, -0.05) is 46.5 Å². The molecule has 100 valence electrons. The maximum Gasteiger partial charge on any atom is 0.275 e. The maximum absolute atomic E-state index is 11.1. The van der Waals surface area contributed by atoms with E-state index in [1.54, 1.807) is 0 Å². The number of benzene rings is 1. The van der Waals surface area contributed by atoms with Crippen LogP contribution in [-0.2, 0) is 5.41 Å². The number of nitro groups is 1. The molecule has 1 aromatic rings. The minimum Gasteiger partial charge on any atom is -0.399 e. The summed E-state index contributed by atoms with van der Waals surface area (Å²) in [5.74, 6) is 0. The second-order valence-electron chi connectivity index (χ2n) is 6.71. The van der Waals surface area contributed by atoms with Gasteiger partial charge in [-0.2, -0.15) is 0 Å². The number of nitrogens with two attached hydrogens (primary N) is 1. The molecule has 0 saturated carbocycles. The highest BCUT2D eigenvalue weighted by atomic mass is 28.3. The van der Waals surface area contributed by atoms with Gasteiger partial charge >= 0.3 is 0 Å². The number of nitrogens with zero attached hydrogens (tertiary/aromatic N) is 1. The molecule has 18 heavy (non-hydrogen) atoms. The number of anilines is 1. The minimum atomic E-state index is -1.59. The SMILES string of the molecule is CC(C)(C)c1cc([Si](C)(C)C)c(N)cc1[N+](=O)[O-]. The summed E-state index contributed by atoms with van der Waals surface area (Å²) in [5.41, 5.74) is 7.17. The Balaban J connectivity index is 3.62. The van der Waals surface area contributed by atoms with Crippen LogP contribution in [0.1, 0.15) is 26.3 Å². The van der Waals surface area contributed by atoms with Crippen molar-refractivity contribution in [3.8, 4) is 0 Å². The van der Waals surface area contributed by atoms with Gasteiger partial charge in [0.15, 0.2) is 0 Å². The number of rotatable bonds is 2. The molecule has 0 bridgehead atoms. The van der Waals surface area contributed by atoms with Gasteiger partial charge in [-0.3, -0.25) is 10.1 Å². The minimum absolute atomic E-state index is 0.127. The second kappa shape index (κ2) is 4.39. The third-order valence-corrected chi connectivity index (χ3v) is 5.03. The molecule has 0 radical (unpaired) electrons. The third-order valence-electron chi connectivity index (χ3n) is 2.98. The highest BCUT2D eigenvalue weighted by Gasteiger charge is 2.29. The van der Waals surface area contributed by atoms with E-state index in [1.165, 1.54) is 6.07 Å². The molecule has 0 atom stereocenters. The zero-order valence-corrected chi connectivity index (χ0v) is 13.0. The first kappa shape index (κ1) is 14.7. The smallest absolute Gasteiger partial charge is 0.275 e. The first-order valence-electron chi connectivity index (χ1n) is 6.03. The molecule has 0 fully saturated rings. The van der Waals surface area contributed by atoms with Gasteiger partial charge in [0.05, 0.1) is 13.0 Å². The number of nitro benzene ring substituents is 1. The lowest BCUT2D eigenvalue weighted by Crippen LogP contribution is -2.40. The van der Waals surface area contributed by atoms with Crippen LogP contribution >= 0.6 is 0 Å². The Kier molecular flexibility index (Phi) is 3.58. The highest BCUT2D eigenvalue weighted by Crippen LogP contribution is 2.32. The Morgan fingerprint density at radius 3 is 2.06 bits per heavy atom. The van der Waals surface area contributed by atoms with Crippen molar-refractivity contribution < 1.29 is 4.92 Å². The number of nitrogen functional groups attached to an aromatic ring is 1. The summed E-state index contributed by atoms with van der Waals surface area (Å²) < 4.78 is 0. The van der Waals surface area contributed by atoms with Crippen LogP contribution in [0.25, 0.3) is 0 Å². The van der Waals surface area contributed by atoms with E-state index in [0.717, 1.165) is 10.8 Å². The van der Waals surface area contributed by atoms with Crippen LogP contribution in [0.2, 0.25) is 19.6 Å². The lowest BCUT2D eigenvalue weighted by molar-refractivity contribution is -0.385. The van der Waals surface area contributed by atoms with E-state index < -0.39 is 8.07 Å². The van der Waals surface area contributed by atoms with E-state index >= 15 is 0 Å². The van der Waals surface area contributed by atoms with Crippen molar-refractivity contribution in [3.05, 3.63) is 27.8 Å². The Morgan fingerprint density at radius 2 is 1.72 bits per heavy atom. The van der Waals surface area contributed by atoms with Gasteiger partial charge in [0, 0.05) is 17.3 Å². The van der Waals surface area contributed by atoms with Gasteiger partial charge in [-0.05, 0) is 10.6 Å². The standard InChI is InChI=1S/C13H22N2O2Si/c1-13(2,3)9-7-12(18(4,5)6)10(14)8-11(9)15(16)17/h7-8H,14H2,1-6H3. The van der Waals surface area contributed by atoms with Crippen molar-refractivity contribution in [2.24, 2.45) is 0 Å². The van der Waals surface area contributed by atoms with Gasteiger partial charge < -0.3 is 5.73 Å². The molecule has 2 N–H and O–H groups in total. The van der Waals surface area contributed by atoms with E-state index in [1.807, 2.05) is 26.8 Å². The summed E-state index contributed by atoms with van der Waals surface area (Å²) in [6.07, 6.45) is 0. The molecule has 0 aromatic heterocycles. The summed E-state index contributed by atoms with van der Waals surface area (Å²) in [5, 5.41) is 12.2. The van der Waals surface area contributed by atoms with Crippen LogP contribution in [0.4, 0.5) is 11.4 Å². The van der Waals surface area contributed by atoms with Crippen molar-refractivity contribution in [2.75, 3.05) is 5.73 Å². The summed E-state index contributed by atoms with van der Waals surface area (Å²) >= 11 is 0. The normalized spacial score (nSPS) is 12.6. The topological polar surface area (TPSA) is 69.2 Å². The molecular weight excluding hydrogens is 244 g/mol. The predicted octanol–water partition coefficient (Wildman–Crippen LogP) is 3.02. The number of hydrogen-bond acceptors (Lipinski definition) is 3. The van der Waals surface area contributed by atoms with Crippen molar-refractivity contribution in [1.29, 1.82) is 0 Å². The fourth-order valence-corrected chi connectivity index (χ4v) is 3.52. The van der Waals surface area contributed by atoms with E-state index in [0.29, 0.717) is 5.69 Å². The maximum atomic E-state index is 11.1. The Hall–Kier alpha value is -1.36. The molecule has 5 heteroatoms. The molecule has 1 aromatic carbocycles. The molecule has 1 rings (SSSR count). The fraction of sp³-hybridized carbons (Fsp3) is 0.538. The van der Waals surface area contributed by atoms with Crippen molar-refractivity contribution >= 4 is 24.6 Å². The molecule has 4 nitrogen and oxygen atoms in total. The van der Waals surface area contributed by atoms with Crippen molar-refractivity contribution in [1.82, 2.24) is 0 Å². The second-order valence-corrected chi connectivity index (χ2v) is 11.8. The molecule has 0 aliphatic heterocycles. The molecule has 0 aliphatic rings. The average Bonchev–Trinajstić information content (AvgIpc) is 2.12. The molecule has 0 unspecified atom stereocenters. The third kappa shape index (κ3) is 2.90. The molecule has 0 saturated heterocycles. The zero-order chi connectivity index (χ0) is 14.3. The fourth-order valence-electron chi connectivity index (χ4n) is 2.01. The van der Waals surface area contributed by atoms with E-state index in [9.17, 15) is 10.1 Å². The van der Waals surface area contributed by atoms with Gasteiger partial charge in [0.1, 0.15) is 0 Å². The van der Waals surface area contributed by atoms with E-state index in [4.69, 9.17) is 5.73 Å². The first-order chi connectivity index (χ1) is 7.94. The zero-order valence-electron chi connectivity index (χ0n) is 12.0. The number of hydrogen-bond donors (Lipinski definition) is 1. The summed E-state index contributed by atoms with van der Waals surface area (Å²) in [6, 6.07) is 3.47. The van der Waals surface area contributed by atoms with Crippen LogP contribution in [0.5, 0.6) is 0 Å². The van der Waals surface area contributed by atoms with Gasteiger partial charge in [-0.25, -0.2) is 0 Å². The highest BCUT2D eigenvalue weighted by molar-refractivity contribution is 6.89. The van der Waals surface area contributed by atoms with Gasteiger partial charge in [0.25, 0.3) is 5.69 Å². The quantitative estimate of drug-likeness (QED) is 0.387. The Labute approximate surface area is 109 Å². The molecule has 0 aliphatic carbocycles. The molecular formula is C13H22N2O2Si. The van der Waals surface area contributed by atoms with E-state index in [-0.39, 0.29) is 16.0 Å². The van der Waals surface area contributed by atoms with Crippen molar-refractivity contribution in [2.45, 2.75) is 45.8 Å². The van der Waals surface area contributed by atoms with Crippen LogP contribution in [-0.4, -0.2) is 13.0 Å². The Bertz CT molecular complexity index is 485. The van der Waals surface area contributed by atoms with Gasteiger partial charge in [0.2, 0.25) is 0 Å². The first-order valence-corrected chi connectivity index (χ1v) is 9.53. The van der Waals surface area contributed by atoms with Crippen LogP contribution in [0, 0.1) is 10.1 Å². The summed E-state index contributed by atoms with van der Waals surface area (Å²) in [4.78, 5) is 10.8. The monoisotopic (exact) mass is 266 g/mol. The van der Waals surface area contributed by atoms with Crippen LogP contribution in [0.3, 0.4) is 0 Å². The van der Waals surface area contributed by atoms with Crippen molar-refractivity contribution in [3.63, 3.8) is 0 Å². The van der Waals surface area contributed by atoms with Crippen LogP contribution in [0.15, 0.2) is 12.1 Å². The summed E-state index contributed by atoms with van der Waals surface area (Å²) in [6.45, 7) is 12.5. The lowest BCUT2D eigenvalue weighted by atomic mass is 9.85. The lowest BCUT2D eigenvalue weighted by Gasteiger charge is -2.25. The molecule has 0 spiro atoms. The molecule has 0 heterocycles. The van der Waals surface area contributed by atoms with Crippen LogP contribution < -0.4 is 10.9 Å². The van der Waals surface area contributed by atoms with E-state index in [2.05, 4.69) is 19.6 Å².